The molecule has 1 saturated heterocycles. The molecule has 1 atom stereocenters. The molecule has 33 heavy (non-hydrogen) atoms. The molecule has 1 unspecified atom stereocenters. The van der Waals surface area contributed by atoms with E-state index in [0.717, 1.165) is 27.5 Å². The van der Waals surface area contributed by atoms with Gasteiger partial charge in [0.15, 0.2) is 0 Å². The number of aldehydes is 1. The predicted molar refractivity (Wildman–Crippen MR) is 130 cm³/mol. The Balaban J connectivity index is 1.34. The first-order valence-electron chi connectivity index (χ1n) is 10.2. The number of carbonyl (C=O) groups excluding carboxylic acids is 1. The Labute approximate surface area is 199 Å². The van der Waals surface area contributed by atoms with Crippen molar-refractivity contribution in [2.75, 3.05) is 25.4 Å². The monoisotopic (exact) mass is 501 g/mol. The number of anilines is 1. The van der Waals surface area contributed by atoms with Crippen LogP contribution in [-0.2, 0) is 21.4 Å². The molecule has 11 heteroatoms. The fraction of sp³-hybridized carbons (Fsp3) is 0.227. The van der Waals surface area contributed by atoms with Gasteiger partial charge < -0.3 is 10.5 Å². The number of hydrogen-bond acceptors (Lipinski definition) is 8. The number of piperazine rings is 1. The van der Waals surface area contributed by atoms with Gasteiger partial charge in [-0.2, -0.15) is 4.31 Å². The lowest BCUT2D eigenvalue weighted by molar-refractivity contribution is -0.114. The number of sulfonamides is 1. The van der Waals surface area contributed by atoms with Gasteiger partial charge in [-0.3, -0.25) is 9.88 Å². The number of nitrogens with zero attached hydrogens (tertiary/aromatic N) is 4. The molecule has 0 bridgehead atoms. The molecule has 0 amide bonds. The number of halogens is 1. The molecular formula is C22H20ClN5O3S2. The maximum atomic E-state index is 13.3. The molecule has 1 aliphatic rings. The summed E-state index contributed by atoms with van der Waals surface area (Å²) in [6.07, 6.45) is 2.32. The summed E-state index contributed by atoms with van der Waals surface area (Å²) < 4.78 is 29.0. The van der Waals surface area contributed by atoms with Gasteiger partial charge in [0.05, 0.1) is 23.3 Å². The van der Waals surface area contributed by atoms with Crippen molar-refractivity contribution >= 4 is 66.2 Å². The topological polar surface area (TPSA) is 109 Å². The molecule has 5 rings (SSSR count). The minimum absolute atomic E-state index is 0.102. The Morgan fingerprint density at radius 2 is 2.00 bits per heavy atom. The van der Waals surface area contributed by atoms with Gasteiger partial charge in [0.25, 0.3) is 10.0 Å². The Kier molecular flexibility index (Phi) is 5.79. The van der Waals surface area contributed by atoms with Crippen LogP contribution < -0.4 is 5.73 Å². The molecule has 0 aliphatic carbocycles. The zero-order valence-electron chi connectivity index (χ0n) is 17.4. The van der Waals surface area contributed by atoms with E-state index in [0.29, 0.717) is 36.0 Å². The third kappa shape index (κ3) is 4.32. The summed E-state index contributed by atoms with van der Waals surface area (Å²) in [4.78, 5) is 22.4. The van der Waals surface area contributed by atoms with Gasteiger partial charge >= 0.3 is 0 Å². The van der Waals surface area contributed by atoms with Crippen molar-refractivity contribution in [3.05, 3.63) is 59.2 Å². The smallest absolute Gasteiger partial charge is 0.252 e. The summed E-state index contributed by atoms with van der Waals surface area (Å²) in [5.74, 6) is 0.357. The Bertz CT molecular complexity index is 1470. The van der Waals surface area contributed by atoms with Crippen molar-refractivity contribution in [2.45, 2.75) is 16.8 Å². The van der Waals surface area contributed by atoms with Crippen LogP contribution in [0.25, 0.3) is 21.1 Å². The Morgan fingerprint density at radius 3 is 2.82 bits per heavy atom. The third-order valence-corrected chi connectivity index (χ3v) is 9.37. The number of benzene rings is 2. The maximum Gasteiger partial charge on any atom is 0.252 e. The van der Waals surface area contributed by atoms with Gasteiger partial charge in [-0.05, 0) is 41.3 Å². The van der Waals surface area contributed by atoms with Crippen LogP contribution in [0.5, 0.6) is 0 Å². The first-order chi connectivity index (χ1) is 15.8. The van der Waals surface area contributed by atoms with Crippen molar-refractivity contribution < 1.29 is 13.2 Å². The zero-order valence-corrected chi connectivity index (χ0v) is 19.8. The van der Waals surface area contributed by atoms with Gasteiger partial charge in [-0.1, -0.05) is 23.7 Å². The molecule has 2 N–H and O–H groups in total. The van der Waals surface area contributed by atoms with Crippen molar-refractivity contribution in [3.8, 4) is 0 Å². The van der Waals surface area contributed by atoms with Gasteiger partial charge in [0.2, 0.25) is 0 Å². The molecule has 170 valence electrons. The Hall–Kier alpha value is -2.63. The summed E-state index contributed by atoms with van der Waals surface area (Å²) in [7, 11) is -3.72. The predicted octanol–water partition coefficient (Wildman–Crippen LogP) is 3.15. The largest absolute Gasteiger partial charge is 0.382 e. The standard InChI is InChI=1S/C22H20ClN5O3S2/c23-16-3-2-15-8-22(32-20(15)9-16)33(30,31)28-6-5-27(17(12-28)13-29)11-14-1-4-18-19(7-14)25-10-21(24)26-18/h1-4,7-10,13,17H,5-6,11-12H2,(H2,24,26). The van der Waals surface area contributed by atoms with Crippen molar-refractivity contribution in [1.82, 2.24) is 19.2 Å². The highest BCUT2D eigenvalue weighted by Gasteiger charge is 2.35. The SMILES string of the molecule is Nc1cnc2cc(CN3CCN(S(=O)(=O)c4cc5ccc(Cl)cc5s4)CC3C=O)ccc2n1. The third-order valence-electron chi connectivity index (χ3n) is 5.72. The zero-order chi connectivity index (χ0) is 23.2. The molecule has 2 aromatic carbocycles. The lowest BCUT2D eigenvalue weighted by atomic mass is 10.1. The summed E-state index contributed by atoms with van der Waals surface area (Å²) in [5, 5.41) is 1.39. The molecule has 0 spiro atoms. The molecule has 3 heterocycles. The van der Waals surface area contributed by atoms with Crippen LogP contribution in [0.1, 0.15) is 5.56 Å². The molecule has 1 aliphatic heterocycles. The van der Waals surface area contributed by atoms with E-state index in [1.807, 2.05) is 29.2 Å². The summed E-state index contributed by atoms with van der Waals surface area (Å²) in [6, 6.07) is 12.1. The fourth-order valence-electron chi connectivity index (χ4n) is 4.00. The second-order valence-electron chi connectivity index (χ2n) is 7.90. The van der Waals surface area contributed by atoms with E-state index < -0.39 is 16.1 Å². The highest BCUT2D eigenvalue weighted by molar-refractivity contribution is 7.91. The van der Waals surface area contributed by atoms with Crippen molar-refractivity contribution in [1.29, 1.82) is 0 Å². The molecule has 4 aromatic rings. The second-order valence-corrected chi connectivity index (χ2v) is 11.6. The van der Waals surface area contributed by atoms with E-state index >= 15 is 0 Å². The number of aromatic nitrogens is 2. The average molecular weight is 502 g/mol. The summed E-state index contributed by atoms with van der Waals surface area (Å²) in [6.45, 7) is 1.34. The van der Waals surface area contributed by atoms with Crippen LogP contribution in [0.3, 0.4) is 0 Å². The van der Waals surface area contributed by atoms with Crippen LogP contribution >= 0.6 is 22.9 Å². The number of hydrogen-bond donors (Lipinski definition) is 1. The minimum Gasteiger partial charge on any atom is -0.382 e. The first kappa shape index (κ1) is 22.2. The average Bonchev–Trinajstić information content (AvgIpc) is 3.23. The molecule has 0 radical (unpaired) electrons. The molecule has 1 fully saturated rings. The highest BCUT2D eigenvalue weighted by Crippen LogP contribution is 2.33. The van der Waals surface area contributed by atoms with E-state index in [-0.39, 0.29) is 10.8 Å². The Morgan fingerprint density at radius 1 is 1.15 bits per heavy atom. The minimum atomic E-state index is -3.72. The van der Waals surface area contributed by atoms with Crippen molar-refractivity contribution in [2.24, 2.45) is 0 Å². The van der Waals surface area contributed by atoms with E-state index in [9.17, 15) is 13.2 Å². The lowest BCUT2D eigenvalue weighted by Crippen LogP contribution is -2.54. The first-order valence-corrected chi connectivity index (χ1v) is 12.9. The number of rotatable bonds is 5. The van der Waals surface area contributed by atoms with Crippen molar-refractivity contribution in [3.63, 3.8) is 0 Å². The van der Waals surface area contributed by atoms with Crippen LogP contribution in [0, 0.1) is 0 Å². The normalized spacial score (nSPS) is 18.2. The maximum absolute atomic E-state index is 13.3. The van der Waals surface area contributed by atoms with Crippen LogP contribution in [0.2, 0.25) is 5.02 Å². The van der Waals surface area contributed by atoms with Crippen LogP contribution in [0.4, 0.5) is 5.82 Å². The van der Waals surface area contributed by atoms with Gasteiger partial charge in [0, 0.05) is 35.9 Å². The second kappa shape index (κ2) is 8.62. The van der Waals surface area contributed by atoms with Gasteiger partial charge in [-0.25, -0.2) is 13.4 Å². The molecular weight excluding hydrogens is 482 g/mol. The van der Waals surface area contributed by atoms with Gasteiger partial charge in [-0.15, -0.1) is 11.3 Å². The molecule has 2 aromatic heterocycles. The molecule has 0 saturated carbocycles. The van der Waals surface area contributed by atoms with E-state index in [1.165, 1.54) is 21.8 Å². The fourth-order valence-corrected chi connectivity index (χ4v) is 7.28. The number of nitrogen functional groups attached to an aromatic ring is 1. The number of carbonyl (C=O) groups is 1. The quantitative estimate of drug-likeness (QED) is 0.418. The summed E-state index contributed by atoms with van der Waals surface area (Å²) >= 11 is 7.23. The number of fused-ring (bicyclic) bond motifs is 2. The number of thiophene rings is 1. The molecule has 8 nitrogen and oxygen atoms in total. The van der Waals surface area contributed by atoms with E-state index in [2.05, 4.69) is 9.97 Å². The van der Waals surface area contributed by atoms with E-state index in [4.69, 9.17) is 17.3 Å². The van der Waals surface area contributed by atoms with Crippen LogP contribution in [0.15, 0.2) is 52.9 Å². The van der Waals surface area contributed by atoms with Crippen LogP contribution in [-0.4, -0.2) is 59.6 Å². The lowest BCUT2D eigenvalue weighted by Gasteiger charge is -2.38. The summed E-state index contributed by atoms with van der Waals surface area (Å²) in [5.41, 5.74) is 8.07. The highest BCUT2D eigenvalue weighted by atomic mass is 35.5. The number of nitrogens with two attached hydrogens (primary N) is 1. The van der Waals surface area contributed by atoms with Gasteiger partial charge in [0.1, 0.15) is 16.3 Å². The van der Waals surface area contributed by atoms with E-state index in [1.54, 1.807) is 18.2 Å².